The minimum atomic E-state index is -0.405. The molecule has 0 bridgehead atoms. The predicted octanol–water partition coefficient (Wildman–Crippen LogP) is 2.29. The molecule has 0 unspecified atom stereocenters. The van der Waals surface area contributed by atoms with Crippen LogP contribution in [0.1, 0.15) is 19.8 Å². The summed E-state index contributed by atoms with van der Waals surface area (Å²) in [7, 11) is 1.66. The van der Waals surface area contributed by atoms with Crippen LogP contribution in [0.3, 0.4) is 0 Å². The van der Waals surface area contributed by atoms with Crippen LogP contribution in [-0.4, -0.2) is 43.1 Å². The van der Waals surface area contributed by atoms with Crippen molar-refractivity contribution in [1.82, 2.24) is 4.90 Å². The third-order valence-electron chi connectivity index (χ3n) is 3.64. The number of nitrogens with two attached hydrogens (primary N) is 1. The zero-order valence-corrected chi connectivity index (χ0v) is 14.6. The van der Waals surface area contributed by atoms with E-state index in [-0.39, 0.29) is 30.7 Å². The fourth-order valence-electron chi connectivity index (χ4n) is 2.48. The molecule has 22 heavy (non-hydrogen) atoms. The van der Waals surface area contributed by atoms with Crippen LogP contribution in [0.4, 0.5) is 5.69 Å². The maximum absolute atomic E-state index is 11.8. The third-order valence-corrected chi connectivity index (χ3v) is 3.64. The maximum atomic E-state index is 11.8. The Morgan fingerprint density at radius 3 is 2.55 bits per heavy atom. The second kappa shape index (κ2) is 9.77. The Bertz CT molecular complexity index is 464. The van der Waals surface area contributed by atoms with E-state index < -0.39 is 6.04 Å². The number of amides is 1. The first kappa shape index (κ1) is 20.8. The van der Waals surface area contributed by atoms with Gasteiger partial charge in [-0.2, -0.15) is 0 Å². The fraction of sp³-hybridized carbons (Fsp3) is 0.533. The summed E-state index contributed by atoms with van der Waals surface area (Å²) < 4.78 is 5.21. The highest BCUT2D eigenvalue weighted by atomic mass is 35.5. The van der Waals surface area contributed by atoms with E-state index in [2.05, 4.69) is 5.32 Å². The minimum absolute atomic E-state index is 0. The van der Waals surface area contributed by atoms with Crippen molar-refractivity contribution < 1.29 is 9.53 Å². The number of nitrogens with one attached hydrogen (secondary N) is 1. The van der Waals surface area contributed by atoms with Crippen molar-refractivity contribution >= 4 is 36.4 Å². The van der Waals surface area contributed by atoms with Crippen LogP contribution in [0.5, 0.6) is 5.75 Å². The number of piperidine rings is 1. The molecule has 1 atom stereocenters. The summed E-state index contributed by atoms with van der Waals surface area (Å²) in [5.41, 5.74) is 6.69. The Labute approximate surface area is 144 Å². The standard InChI is InChI=1S/C15H23N3O2.2ClH/c1-11(16)15(19)18-8-6-12(7-9-18)17-13-4-3-5-14(10-13)20-2;;/h3-5,10-12,17H,6-9,16H2,1-2H3;2*1H/t11-;;/m1../s1. The summed E-state index contributed by atoms with van der Waals surface area (Å²) in [6.45, 7) is 3.27. The number of anilines is 1. The molecule has 1 heterocycles. The number of likely N-dealkylation sites (tertiary alicyclic amines) is 1. The van der Waals surface area contributed by atoms with Crippen molar-refractivity contribution in [3.63, 3.8) is 0 Å². The van der Waals surface area contributed by atoms with E-state index in [4.69, 9.17) is 10.5 Å². The van der Waals surface area contributed by atoms with Gasteiger partial charge in [-0.05, 0) is 31.9 Å². The molecule has 1 amide bonds. The SMILES string of the molecule is COc1cccc(NC2CCN(C(=O)[C@@H](C)N)CC2)c1.Cl.Cl. The van der Waals surface area contributed by atoms with Crippen LogP contribution < -0.4 is 15.8 Å². The molecule has 5 nitrogen and oxygen atoms in total. The molecule has 0 aromatic heterocycles. The lowest BCUT2D eigenvalue weighted by atomic mass is 10.0. The van der Waals surface area contributed by atoms with Crippen molar-refractivity contribution in [2.75, 3.05) is 25.5 Å². The summed E-state index contributed by atoms with van der Waals surface area (Å²) in [5.74, 6) is 0.893. The molecule has 1 fully saturated rings. The lowest BCUT2D eigenvalue weighted by Gasteiger charge is -2.33. The van der Waals surface area contributed by atoms with Gasteiger partial charge < -0.3 is 20.7 Å². The van der Waals surface area contributed by atoms with Gasteiger partial charge in [0.15, 0.2) is 0 Å². The largest absolute Gasteiger partial charge is 0.497 e. The zero-order valence-electron chi connectivity index (χ0n) is 13.0. The topological polar surface area (TPSA) is 67.6 Å². The van der Waals surface area contributed by atoms with Crippen LogP contribution in [0.15, 0.2) is 24.3 Å². The number of hydrogen-bond acceptors (Lipinski definition) is 4. The molecule has 7 heteroatoms. The second-order valence-electron chi connectivity index (χ2n) is 5.26. The molecule has 1 saturated heterocycles. The lowest BCUT2D eigenvalue weighted by Crippen LogP contribution is -2.48. The van der Waals surface area contributed by atoms with Crippen molar-refractivity contribution in [3.8, 4) is 5.75 Å². The predicted molar refractivity (Wildman–Crippen MR) is 94.4 cm³/mol. The third kappa shape index (κ3) is 5.55. The van der Waals surface area contributed by atoms with E-state index in [9.17, 15) is 4.79 Å². The summed E-state index contributed by atoms with van der Waals surface area (Å²) in [4.78, 5) is 13.7. The molecule has 2 rings (SSSR count). The van der Waals surface area contributed by atoms with Crippen molar-refractivity contribution in [2.24, 2.45) is 5.73 Å². The number of benzene rings is 1. The normalized spacial score (nSPS) is 16.0. The number of methoxy groups -OCH3 is 1. The van der Waals surface area contributed by atoms with Crippen LogP contribution in [0, 0.1) is 0 Å². The fourth-order valence-corrected chi connectivity index (χ4v) is 2.48. The summed E-state index contributed by atoms with van der Waals surface area (Å²) in [6, 6.07) is 7.89. The van der Waals surface area contributed by atoms with Gasteiger partial charge in [-0.25, -0.2) is 0 Å². The van der Waals surface area contributed by atoms with Crippen LogP contribution in [0.25, 0.3) is 0 Å². The summed E-state index contributed by atoms with van der Waals surface area (Å²) >= 11 is 0. The van der Waals surface area contributed by atoms with Gasteiger partial charge in [-0.1, -0.05) is 6.07 Å². The molecule has 0 aliphatic carbocycles. The van der Waals surface area contributed by atoms with Crippen LogP contribution >= 0.6 is 24.8 Å². The Morgan fingerprint density at radius 2 is 2.00 bits per heavy atom. The molecule has 0 spiro atoms. The molecule has 1 aliphatic rings. The minimum Gasteiger partial charge on any atom is -0.497 e. The molecular weight excluding hydrogens is 325 g/mol. The van der Waals surface area contributed by atoms with Gasteiger partial charge in [0.05, 0.1) is 13.2 Å². The van der Waals surface area contributed by atoms with E-state index >= 15 is 0 Å². The highest BCUT2D eigenvalue weighted by Gasteiger charge is 2.24. The average Bonchev–Trinajstić information content (AvgIpc) is 2.47. The Balaban J connectivity index is 0.00000220. The number of rotatable bonds is 4. The van der Waals surface area contributed by atoms with Crippen LogP contribution in [-0.2, 0) is 4.79 Å². The van der Waals surface area contributed by atoms with Crippen molar-refractivity contribution in [1.29, 1.82) is 0 Å². The van der Waals surface area contributed by atoms with Gasteiger partial charge in [0.25, 0.3) is 0 Å². The van der Waals surface area contributed by atoms with Gasteiger partial charge in [0.2, 0.25) is 5.91 Å². The van der Waals surface area contributed by atoms with E-state index in [0.717, 1.165) is 37.4 Å². The van der Waals surface area contributed by atoms with E-state index in [1.165, 1.54) is 0 Å². The highest BCUT2D eigenvalue weighted by Crippen LogP contribution is 2.21. The number of nitrogens with zero attached hydrogens (tertiary/aromatic N) is 1. The van der Waals surface area contributed by atoms with E-state index in [0.29, 0.717) is 6.04 Å². The number of ether oxygens (including phenoxy) is 1. The van der Waals surface area contributed by atoms with Gasteiger partial charge in [-0.3, -0.25) is 4.79 Å². The monoisotopic (exact) mass is 349 g/mol. The average molecular weight is 350 g/mol. The van der Waals surface area contributed by atoms with Gasteiger partial charge >= 0.3 is 0 Å². The molecular formula is C15H25Cl2N3O2. The van der Waals surface area contributed by atoms with Gasteiger partial charge in [0, 0.05) is 30.9 Å². The zero-order chi connectivity index (χ0) is 14.5. The highest BCUT2D eigenvalue weighted by molar-refractivity contribution is 5.85. The number of hydrogen-bond donors (Lipinski definition) is 2. The van der Waals surface area contributed by atoms with Gasteiger partial charge in [0.1, 0.15) is 5.75 Å². The Kier molecular flexibility index (Phi) is 9.25. The first-order valence-corrected chi connectivity index (χ1v) is 7.05. The molecule has 1 aromatic carbocycles. The molecule has 0 radical (unpaired) electrons. The number of carbonyl (C=O) groups is 1. The van der Waals surface area contributed by atoms with E-state index in [1.54, 1.807) is 14.0 Å². The smallest absolute Gasteiger partial charge is 0.239 e. The first-order chi connectivity index (χ1) is 9.60. The maximum Gasteiger partial charge on any atom is 0.239 e. The second-order valence-corrected chi connectivity index (χ2v) is 5.26. The first-order valence-electron chi connectivity index (χ1n) is 7.05. The van der Waals surface area contributed by atoms with Gasteiger partial charge in [-0.15, -0.1) is 24.8 Å². The Hall–Kier alpha value is -1.17. The molecule has 1 aliphatic heterocycles. The lowest BCUT2D eigenvalue weighted by molar-refractivity contribution is -0.133. The van der Waals surface area contributed by atoms with Crippen LogP contribution in [0.2, 0.25) is 0 Å². The number of carbonyl (C=O) groups excluding carboxylic acids is 1. The molecule has 126 valence electrons. The summed E-state index contributed by atoms with van der Waals surface area (Å²) in [5, 5.41) is 3.50. The molecule has 1 aromatic rings. The molecule has 3 N–H and O–H groups in total. The molecule has 0 saturated carbocycles. The van der Waals surface area contributed by atoms with E-state index in [1.807, 2.05) is 29.2 Å². The van der Waals surface area contributed by atoms with Crippen molar-refractivity contribution in [2.45, 2.75) is 31.8 Å². The number of halogens is 2. The Morgan fingerprint density at radius 1 is 1.36 bits per heavy atom. The van der Waals surface area contributed by atoms with Crippen molar-refractivity contribution in [3.05, 3.63) is 24.3 Å². The summed E-state index contributed by atoms with van der Waals surface area (Å²) in [6.07, 6.45) is 1.88. The quantitative estimate of drug-likeness (QED) is 0.874.